The number of hydrogen-bond donors (Lipinski definition) is 3. The zero-order valence-corrected chi connectivity index (χ0v) is 15.7. The number of H-pyrrole nitrogens is 1. The van der Waals surface area contributed by atoms with Crippen LogP contribution in [0, 0.1) is 0 Å². The number of rotatable bonds is 6. The summed E-state index contributed by atoms with van der Waals surface area (Å²) in [7, 11) is 0. The molecule has 136 valence electrons. The molecule has 0 spiro atoms. The van der Waals surface area contributed by atoms with Gasteiger partial charge in [0.1, 0.15) is 0 Å². The van der Waals surface area contributed by atoms with E-state index in [2.05, 4.69) is 42.9 Å². The molecule has 0 aliphatic rings. The van der Waals surface area contributed by atoms with Gasteiger partial charge in [0.15, 0.2) is 5.82 Å². The number of fused-ring (bicyclic) bond motifs is 1. The normalized spacial score (nSPS) is 10.9. The molecule has 4 rings (SSSR count). The van der Waals surface area contributed by atoms with Crippen LogP contribution in [0.15, 0.2) is 54.9 Å². The first-order valence-electron chi connectivity index (χ1n) is 8.40. The van der Waals surface area contributed by atoms with Crippen LogP contribution in [0.5, 0.6) is 0 Å². The van der Waals surface area contributed by atoms with E-state index < -0.39 is 0 Å². The van der Waals surface area contributed by atoms with E-state index in [0.29, 0.717) is 27.5 Å². The van der Waals surface area contributed by atoms with E-state index in [1.54, 1.807) is 24.4 Å². The molecule has 0 bridgehead atoms. The molecule has 0 radical (unpaired) electrons. The number of para-hydroxylation sites is 1. The Morgan fingerprint density at radius 3 is 2.85 bits per heavy atom. The first-order valence-corrected chi connectivity index (χ1v) is 9.15. The maximum atomic E-state index is 6.17. The third-order valence-electron chi connectivity index (χ3n) is 4.11. The fourth-order valence-electron chi connectivity index (χ4n) is 2.82. The lowest BCUT2D eigenvalue weighted by Gasteiger charge is -2.09. The van der Waals surface area contributed by atoms with E-state index in [1.165, 1.54) is 10.9 Å². The summed E-state index contributed by atoms with van der Waals surface area (Å²) >= 11 is 12.1. The number of anilines is 3. The van der Waals surface area contributed by atoms with Gasteiger partial charge in [-0.1, -0.05) is 41.4 Å². The highest BCUT2D eigenvalue weighted by atomic mass is 35.5. The quantitative estimate of drug-likeness (QED) is 0.423. The Bertz CT molecular complexity index is 1080. The predicted octanol–water partition coefficient (Wildman–Crippen LogP) is 5.06. The Labute approximate surface area is 165 Å². The number of nitrogens with zero attached hydrogens (tertiary/aromatic N) is 3. The monoisotopic (exact) mass is 398 g/mol. The van der Waals surface area contributed by atoms with Gasteiger partial charge < -0.3 is 15.6 Å². The number of benzene rings is 2. The van der Waals surface area contributed by atoms with Gasteiger partial charge in [-0.3, -0.25) is 0 Å². The second-order valence-corrected chi connectivity index (χ2v) is 6.79. The van der Waals surface area contributed by atoms with Crippen LogP contribution in [0.4, 0.5) is 17.5 Å². The third kappa shape index (κ3) is 4.13. The number of aromatic amines is 1. The molecular weight excluding hydrogens is 383 g/mol. The first-order chi connectivity index (χ1) is 13.2. The van der Waals surface area contributed by atoms with Crippen LogP contribution < -0.4 is 10.6 Å². The molecular formula is C19H16Cl2N6. The highest BCUT2D eigenvalue weighted by Gasteiger charge is 2.06. The average molecular weight is 399 g/mol. The molecule has 2 aromatic carbocycles. The van der Waals surface area contributed by atoms with Gasteiger partial charge in [-0.05, 0) is 36.2 Å². The van der Waals surface area contributed by atoms with Crippen molar-refractivity contribution >= 4 is 51.6 Å². The van der Waals surface area contributed by atoms with Crippen molar-refractivity contribution in [3.8, 4) is 0 Å². The number of hydrogen-bond acceptors (Lipinski definition) is 5. The molecule has 8 heteroatoms. The zero-order valence-electron chi connectivity index (χ0n) is 14.2. The van der Waals surface area contributed by atoms with Gasteiger partial charge >= 0.3 is 0 Å². The smallest absolute Gasteiger partial charge is 0.249 e. The van der Waals surface area contributed by atoms with Crippen molar-refractivity contribution in [2.45, 2.75) is 6.42 Å². The van der Waals surface area contributed by atoms with E-state index in [1.807, 2.05) is 18.3 Å². The van der Waals surface area contributed by atoms with Crippen LogP contribution in [-0.2, 0) is 6.42 Å². The third-order valence-corrected chi connectivity index (χ3v) is 4.66. The van der Waals surface area contributed by atoms with Crippen LogP contribution in [0.2, 0.25) is 10.0 Å². The fourth-order valence-corrected chi connectivity index (χ4v) is 3.27. The summed E-state index contributed by atoms with van der Waals surface area (Å²) in [6, 6.07) is 13.4. The summed E-state index contributed by atoms with van der Waals surface area (Å²) in [5.41, 5.74) is 3.06. The van der Waals surface area contributed by atoms with Crippen LogP contribution >= 0.6 is 23.2 Å². The molecule has 6 nitrogen and oxygen atoms in total. The Balaban J connectivity index is 1.40. The van der Waals surface area contributed by atoms with Gasteiger partial charge in [0.05, 0.1) is 16.9 Å². The number of halogens is 2. The lowest BCUT2D eigenvalue weighted by atomic mass is 10.1. The Kier molecular flexibility index (Phi) is 5.09. The van der Waals surface area contributed by atoms with Gasteiger partial charge in [0, 0.05) is 28.7 Å². The van der Waals surface area contributed by atoms with E-state index in [9.17, 15) is 0 Å². The minimum Gasteiger partial charge on any atom is -0.368 e. The minimum absolute atomic E-state index is 0.358. The highest BCUT2D eigenvalue weighted by molar-refractivity contribution is 6.36. The largest absolute Gasteiger partial charge is 0.368 e. The van der Waals surface area contributed by atoms with Gasteiger partial charge in [-0.25, -0.2) is 0 Å². The van der Waals surface area contributed by atoms with Crippen molar-refractivity contribution in [2.24, 2.45) is 0 Å². The highest BCUT2D eigenvalue weighted by Crippen LogP contribution is 2.27. The summed E-state index contributed by atoms with van der Waals surface area (Å²) in [6.07, 6.45) is 4.49. The molecule has 0 saturated heterocycles. The van der Waals surface area contributed by atoms with E-state index in [-0.39, 0.29) is 0 Å². The molecule has 0 unspecified atom stereocenters. The number of nitrogens with one attached hydrogen (secondary N) is 3. The van der Waals surface area contributed by atoms with Crippen molar-refractivity contribution in [3.05, 3.63) is 70.5 Å². The van der Waals surface area contributed by atoms with Crippen LogP contribution in [-0.4, -0.2) is 26.7 Å². The van der Waals surface area contributed by atoms with E-state index in [4.69, 9.17) is 23.2 Å². The Hall–Kier alpha value is -2.83. The van der Waals surface area contributed by atoms with Crippen LogP contribution in [0.1, 0.15) is 5.56 Å². The fraction of sp³-hybridized carbons (Fsp3) is 0.105. The van der Waals surface area contributed by atoms with Gasteiger partial charge in [0.2, 0.25) is 5.95 Å². The summed E-state index contributed by atoms with van der Waals surface area (Å²) in [5, 5.41) is 16.6. The molecule has 0 fully saturated rings. The number of aromatic nitrogens is 4. The van der Waals surface area contributed by atoms with Crippen molar-refractivity contribution in [1.82, 2.24) is 20.2 Å². The molecule has 0 aliphatic heterocycles. The van der Waals surface area contributed by atoms with Crippen molar-refractivity contribution < 1.29 is 0 Å². The van der Waals surface area contributed by atoms with E-state index in [0.717, 1.165) is 18.5 Å². The molecule has 2 aromatic heterocycles. The second-order valence-electron chi connectivity index (χ2n) is 5.95. The van der Waals surface area contributed by atoms with Gasteiger partial charge in [-0.2, -0.15) is 10.1 Å². The van der Waals surface area contributed by atoms with Crippen molar-refractivity contribution in [2.75, 3.05) is 17.2 Å². The molecule has 0 atom stereocenters. The second kappa shape index (κ2) is 7.82. The topological polar surface area (TPSA) is 78.5 Å². The molecule has 3 N–H and O–H groups in total. The maximum Gasteiger partial charge on any atom is 0.249 e. The minimum atomic E-state index is 0.358. The summed E-state index contributed by atoms with van der Waals surface area (Å²) in [6.45, 7) is 0.724. The summed E-state index contributed by atoms with van der Waals surface area (Å²) < 4.78 is 0. The SMILES string of the molecule is Clc1ccc(Nc2nncc(NCCc3c[nH]c4ccccc34)n2)c(Cl)c1. The van der Waals surface area contributed by atoms with Crippen molar-refractivity contribution in [1.29, 1.82) is 0 Å². The predicted molar refractivity (Wildman–Crippen MR) is 110 cm³/mol. The molecule has 27 heavy (non-hydrogen) atoms. The molecule has 0 amide bonds. The standard InChI is InChI=1S/C19H16Cl2N6/c20-13-5-6-17(15(21)9-13)25-19-26-18(11-24-27-19)22-8-7-12-10-23-16-4-2-1-3-14(12)16/h1-6,9-11,23H,7-8H2,(H2,22,25,26,27). The summed E-state index contributed by atoms with van der Waals surface area (Å²) in [4.78, 5) is 7.70. The molecule has 0 aliphatic carbocycles. The molecule has 4 aromatic rings. The average Bonchev–Trinajstić information content (AvgIpc) is 3.08. The van der Waals surface area contributed by atoms with E-state index >= 15 is 0 Å². The summed E-state index contributed by atoms with van der Waals surface area (Å²) in [5.74, 6) is 0.994. The lowest BCUT2D eigenvalue weighted by Crippen LogP contribution is -2.08. The molecule has 0 saturated carbocycles. The lowest BCUT2D eigenvalue weighted by molar-refractivity contribution is 0.952. The first kappa shape index (κ1) is 17.6. The van der Waals surface area contributed by atoms with Crippen molar-refractivity contribution in [3.63, 3.8) is 0 Å². The Morgan fingerprint density at radius 1 is 1.07 bits per heavy atom. The van der Waals surface area contributed by atoms with Crippen LogP contribution in [0.3, 0.4) is 0 Å². The maximum absolute atomic E-state index is 6.17. The Morgan fingerprint density at radius 2 is 1.96 bits per heavy atom. The zero-order chi connectivity index (χ0) is 18.6. The van der Waals surface area contributed by atoms with Gasteiger partial charge in [0.25, 0.3) is 0 Å². The van der Waals surface area contributed by atoms with Crippen LogP contribution in [0.25, 0.3) is 10.9 Å². The van der Waals surface area contributed by atoms with Gasteiger partial charge in [-0.15, -0.1) is 5.10 Å². The molecule has 2 heterocycles.